The molecule has 0 saturated carbocycles. The van der Waals surface area contributed by atoms with Crippen molar-refractivity contribution in [3.05, 3.63) is 51.9 Å². The second-order valence-electron chi connectivity index (χ2n) is 8.13. The van der Waals surface area contributed by atoms with Crippen LogP contribution in [0.15, 0.2) is 30.5 Å². The van der Waals surface area contributed by atoms with Gasteiger partial charge in [0.15, 0.2) is 11.6 Å². The highest BCUT2D eigenvalue weighted by Crippen LogP contribution is 2.40. The lowest BCUT2D eigenvalue weighted by atomic mass is 10.2. The average Bonchev–Trinajstić information content (AvgIpc) is 3.57. The molecule has 3 aromatic heterocycles. The summed E-state index contributed by atoms with van der Waals surface area (Å²) < 4.78 is 28.9. The third-order valence-corrected chi connectivity index (χ3v) is 7.74. The molecule has 4 aromatic rings. The third kappa shape index (κ3) is 3.81. The Hall–Kier alpha value is -3.21. The van der Waals surface area contributed by atoms with Gasteiger partial charge in [-0.25, -0.2) is 9.18 Å². The molecular weight excluding hydrogens is 495 g/mol. The Labute approximate surface area is 209 Å². The molecular formula is C24H22ClFN4O4S. The molecule has 2 amide bonds. The summed E-state index contributed by atoms with van der Waals surface area (Å²) in [6.07, 6.45) is 2.98. The van der Waals surface area contributed by atoms with Crippen LogP contribution in [0.5, 0.6) is 11.5 Å². The number of hydrogen-bond donors (Lipinski definition) is 1. The van der Waals surface area contributed by atoms with E-state index >= 15 is 4.39 Å². The largest absolute Gasteiger partial charge is 0.453 e. The monoisotopic (exact) mass is 516 g/mol. The molecule has 4 heterocycles. The highest BCUT2D eigenvalue weighted by molar-refractivity contribution is 7.21. The van der Waals surface area contributed by atoms with Gasteiger partial charge < -0.3 is 19.7 Å². The first kappa shape index (κ1) is 23.5. The summed E-state index contributed by atoms with van der Waals surface area (Å²) in [6, 6.07) is 5.94. The van der Waals surface area contributed by atoms with Gasteiger partial charge in [0.1, 0.15) is 12.0 Å². The lowest BCUT2D eigenvalue weighted by Gasteiger charge is -2.22. The lowest BCUT2D eigenvalue weighted by molar-refractivity contribution is 0.00195. The fraction of sp³-hybridized carbons (Fsp3) is 0.292. The minimum atomic E-state index is -0.684. The minimum Gasteiger partial charge on any atom is -0.453 e. The van der Waals surface area contributed by atoms with E-state index in [1.54, 1.807) is 43.3 Å². The fourth-order valence-electron chi connectivity index (χ4n) is 4.43. The number of ether oxygens (including phenoxy) is 2. The Balaban J connectivity index is 1.53. The summed E-state index contributed by atoms with van der Waals surface area (Å²) in [5.74, 6) is -0.508. The molecule has 1 N–H and O–H groups in total. The van der Waals surface area contributed by atoms with Gasteiger partial charge in [0.25, 0.3) is 5.91 Å². The molecule has 1 fully saturated rings. The number of fused-ring (bicyclic) bond motifs is 2. The maximum Gasteiger partial charge on any atom is 0.326 e. The molecule has 35 heavy (non-hydrogen) atoms. The van der Waals surface area contributed by atoms with Gasteiger partial charge in [-0.05, 0) is 38.0 Å². The summed E-state index contributed by atoms with van der Waals surface area (Å²) in [7, 11) is 3.08. The first-order valence-corrected chi connectivity index (χ1v) is 12.2. The van der Waals surface area contributed by atoms with Crippen molar-refractivity contribution < 1.29 is 23.5 Å². The summed E-state index contributed by atoms with van der Waals surface area (Å²) in [5, 5.41) is 2.75. The number of nitrogens with zero attached hydrogens (tertiary/aromatic N) is 3. The number of benzene rings is 1. The van der Waals surface area contributed by atoms with Crippen molar-refractivity contribution in [1.29, 1.82) is 0 Å². The quantitative estimate of drug-likeness (QED) is 0.385. The van der Waals surface area contributed by atoms with E-state index in [0.717, 1.165) is 12.8 Å². The van der Waals surface area contributed by atoms with Crippen LogP contribution in [0.1, 0.15) is 28.2 Å². The summed E-state index contributed by atoms with van der Waals surface area (Å²) >= 11 is 7.63. The second-order valence-corrected chi connectivity index (χ2v) is 9.56. The predicted molar refractivity (Wildman–Crippen MR) is 132 cm³/mol. The van der Waals surface area contributed by atoms with Crippen molar-refractivity contribution in [2.24, 2.45) is 0 Å². The number of pyridine rings is 1. The van der Waals surface area contributed by atoms with Gasteiger partial charge in [-0.3, -0.25) is 14.3 Å². The van der Waals surface area contributed by atoms with Gasteiger partial charge in [-0.15, -0.1) is 11.3 Å². The van der Waals surface area contributed by atoms with Crippen LogP contribution < -0.4 is 10.1 Å². The van der Waals surface area contributed by atoms with Gasteiger partial charge in [0.2, 0.25) is 0 Å². The van der Waals surface area contributed by atoms with Gasteiger partial charge in [-0.1, -0.05) is 11.6 Å². The normalized spacial score (nSPS) is 15.8. The molecule has 11 heteroatoms. The van der Waals surface area contributed by atoms with Crippen molar-refractivity contribution in [2.45, 2.75) is 26.0 Å². The molecule has 8 nitrogen and oxygen atoms in total. The molecule has 1 aliphatic heterocycles. The Bertz CT molecular complexity index is 1480. The number of carbonyl (C=O) groups excluding carboxylic acids is 2. The van der Waals surface area contributed by atoms with Gasteiger partial charge >= 0.3 is 6.03 Å². The van der Waals surface area contributed by atoms with E-state index in [-0.39, 0.29) is 28.3 Å². The maximum atomic E-state index is 15.6. The molecule has 1 unspecified atom stereocenters. The van der Waals surface area contributed by atoms with Crippen molar-refractivity contribution in [3.63, 3.8) is 0 Å². The number of thiophene rings is 1. The Morgan fingerprint density at radius 2 is 2.09 bits per heavy atom. The van der Waals surface area contributed by atoms with Crippen molar-refractivity contribution >= 4 is 56.0 Å². The average molecular weight is 517 g/mol. The van der Waals surface area contributed by atoms with Gasteiger partial charge in [0.05, 0.1) is 31.0 Å². The number of carbonyl (C=O) groups is 2. The zero-order valence-electron chi connectivity index (χ0n) is 19.2. The van der Waals surface area contributed by atoms with Crippen molar-refractivity contribution in [2.75, 3.05) is 20.7 Å². The first-order valence-electron chi connectivity index (χ1n) is 11.0. The minimum absolute atomic E-state index is 0.0544. The number of hydrogen-bond acceptors (Lipinski definition) is 6. The second kappa shape index (κ2) is 9.10. The van der Waals surface area contributed by atoms with Crippen LogP contribution in [-0.2, 0) is 4.74 Å². The number of likely N-dealkylation sites (tertiary alicyclic amines) is 1. The molecule has 1 aliphatic rings. The maximum absolute atomic E-state index is 15.6. The molecule has 1 saturated heterocycles. The van der Waals surface area contributed by atoms with Gasteiger partial charge in [-0.2, -0.15) is 0 Å². The predicted octanol–water partition coefficient (Wildman–Crippen LogP) is 5.54. The highest BCUT2D eigenvalue weighted by Gasteiger charge is 2.31. The summed E-state index contributed by atoms with van der Waals surface area (Å²) in [4.78, 5) is 31.9. The Morgan fingerprint density at radius 3 is 2.83 bits per heavy atom. The van der Waals surface area contributed by atoms with Crippen LogP contribution in [0.4, 0.5) is 9.18 Å². The van der Waals surface area contributed by atoms with Crippen LogP contribution in [0.25, 0.3) is 21.1 Å². The standard InChI is InChI=1S/C24H22ClFN4O4S/c1-12-20(25)19-14(30(12)24(32)27-2)6-7-15(21(19)26)34-16-8-9-28-13-11-17(35-22(13)16)23(31)29-10-4-5-18(29)33-3/h6-9,11,18H,4-5,10H2,1-3H3,(H,27,32). The van der Waals surface area contributed by atoms with E-state index in [4.69, 9.17) is 21.1 Å². The van der Waals surface area contributed by atoms with E-state index < -0.39 is 11.8 Å². The number of rotatable bonds is 4. The van der Waals surface area contributed by atoms with Crippen LogP contribution in [0, 0.1) is 12.7 Å². The number of nitrogens with one attached hydrogen (secondary N) is 1. The molecule has 0 spiro atoms. The van der Waals surface area contributed by atoms with E-state index in [9.17, 15) is 9.59 Å². The van der Waals surface area contributed by atoms with E-state index in [2.05, 4.69) is 10.3 Å². The fourth-order valence-corrected chi connectivity index (χ4v) is 5.71. The van der Waals surface area contributed by atoms with E-state index in [0.29, 0.717) is 38.6 Å². The number of halogens is 2. The third-order valence-electron chi connectivity index (χ3n) is 6.15. The smallest absolute Gasteiger partial charge is 0.326 e. The van der Waals surface area contributed by atoms with Crippen LogP contribution in [0.3, 0.4) is 0 Å². The Kier molecular flexibility index (Phi) is 6.12. The zero-order chi connectivity index (χ0) is 24.9. The zero-order valence-corrected chi connectivity index (χ0v) is 20.8. The SMILES string of the molecule is CNC(=O)n1c(C)c(Cl)c2c(F)c(Oc3ccnc4cc(C(=O)N5CCCC5OC)sc34)ccc21. The number of methoxy groups -OCH3 is 1. The molecule has 0 bridgehead atoms. The van der Waals surface area contributed by atoms with Crippen LogP contribution in [0.2, 0.25) is 5.02 Å². The van der Waals surface area contributed by atoms with Crippen molar-refractivity contribution in [1.82, 2.24) is 19.8 Å². The first-order chi connectivity index (χ1) is 16.8. The number of amides is 2. The molecule has 1 aromatic carbocycles. The molecule has 1 atom stereocenters. The van der Waals surface area contributed by atoms with E-state index in [1.165, 1.54) is 29.0 Å². The topological polar surface area (TPSA) is 85.7 Å². The van der Waals surface area contributed by atoms with Crippen LogP contribution in [-0.4, -0.2) is 53.3 Å². The summed E-state index contributed by atoms with van der Waals surface area (Å²) in [6.45, 7) is 2.27. The molecule has 182 valence electrons. The summed E-state index contributed by atoms with van der Waals surface area (Å²) in [5.41, 5.74) is 1.32. The van der Waals surface area contributed by atoms with Crippen molar-refractivity contribution in [3.8, 4) is 11.5 Å². The molecule has 0 aliphatic carbocycles. The number of aromatic nitrogens is 2. The lowest BCUT2D eigenvalue weighted by Crippen LogP contribution is -2.36. The van der Waals surface area contributed by atoms with Gasteiger partial charge in [0, 0.05) is 38.7 Å². The van der Waals surface area contributed by atoms with E-state index in [1.807, 2.05) is 0 Å². The van der Waals surface area contributed by atoms with Crippen LogP contribution >= 0.6 is 22.9 Å². The Morgan fingerprint density at radius 1 is 1.29 bits per heavy atom. The molecule has 0 radical (unpaired) electrons. The molecule has 5 rings (SSSR count). The highest BCUT2D eigenvalue weighted by atomic mass is 35.5.